The lowest BCUT2D eigenvalue weighted by atomic mass is 10.0. The van der Waals surface area contributed by atoms with Crippen molar-refractivity contribution in [1.29, 1.82) is 0 Å². The van der Waals surface area contributed by atoms with Crippen LogP contribution in [0.4, 0.5) is 0 Å². The molecule has 0 saturated heterocycles. The van der Waals surface area contributed by atoms with Gasteiger partial charge in [-0.1, -0.05) is 103 Å². The van der Waals surface area contributed by atoms with Gasteiger partial charge in [-0.3, -0.25) is 4.79 Å². The van der Waals surface area contributed by atoms with E-state index in [2.05, 4.69) is 25.9 Å². The van der Waals surface area contributed by atoms with Gasteiger partial charge in [0, 0.05) is 12.8 Å². The maximum absolute atomic E-state index is 11.9. The van der Waals surface area contributed by atoms with E-state index in [4.69, 9.17) is 0 Å². The maximum atomic E-state index is 11.9. The smallest absolute Gasteiger partial charge is 0.132 e. The summed E-state index contributed by atoms with van der Waals surface area (Å²) >= 11 is 0. The maximum Gasteiger partial charge on any atom is 0.132 e. The van der Waals surface area contributed by atoms with Crippen molar-refractivity contribution in [2.45, 2.75) is 135 Å². The Morgan fingerprint density at radius 1 is 0.519 bits per heavy atom. The Bertz CT molecular complexity index is 301. The Morgan fingerprint density at radius 2 is 0.852 bits per heavy atom. The average Bonchev–Trinajstić information content (AvgIpc) is 2.64. The molecule has 0 aliphatic carbocycles. The topological polar surface area (TPSA) is 20.3 Å². The first-order chi connectivity index (χ1) is 13.2. The molecule has 27 heavy (non-hydrogen) atoms. The van der Waals surface area contributed by atoms with E-state index in [0.29, 0.717) is 5.78 Å². The average molecular weight is 382 g/mol. The van der Waals surface area contributed by atoms with Crippen LogP contribution in [0.1, 0.15) is 135 Å². The van der Waals surface area contributed by atoms with Gasteiger partial charge >= 0.3 is 0 Å². The van der Waals surface area contributed by atoms with Gasteiger partial charge in [-0.05, 0) is 39.9 Å². The van der Waals surface area contributed by atoms with Crippen molar-refractivity contribution < 1.29 is 4.79 Å². The molecule has 162 valence electrons. The second-order valence-electron chi connectivity index (χ2n) is 8.85. The number of carbonyl (C=O) groups is 1. The molecule has 0 amide bonds. The third kappa shape index (κ3) is 23.6. The predicted octanol–water partition coefficient (Wildman–Crippen LogP) is 7.94. The zero-order valence-corrected chi connectivity index (χ0v) is 19.2. The number of hydrogen-bond acceptors (Lipinski definition) is 2. The Labute approximate surface area is 171 Å². The molecule has 0 aromatic heterocycles. The quantitative estimate of drug-likeness (QED) is 0.177. The molecule has 2 heteroatoms. The van der Waals surface area contributed by atoms with E-state index in [9.17, 15) is 4.79 Å². The Morgan fingerprint density at radius 3 is 1.22 bits per heavy atom. The third-order valence-electron chi connectivity index (χ3n) is 5.62. The molecule has 0 bridgehead atoms. The number of unbranched alkanes of at least 4 members (excludes halogenated alkanes) is 16. The Balaban J connectivity index is 3.12. The molecule has 0 radical (unpaired) electrons. The minimum absolute atomic E-state index is 0.495. The lowest BCUT2D eigenvalue weighted by Gasteiger charge is -2.08. The van der Waals surface area contributed by atoms with Crippen LogP contribution in [-0.2, 0) is 4.79 Å². The van der Waals surface area contributed by atoms with Crippen LogP contribution >= 0.6 is 0 Å². The largest absolute Gasteiger partial charge is 0.309 e. The number of nitrogens with zero attached hydrogens (tertiary/aromatic N) is 1. The summed E-state index contributed by atoms with van der Waals surface area (Å²) in [5.41, 5.74) is 0. The zero-order chi connectivity index (χ0) is 20.0. The number of carbonyl (C=O) groups excluding carboxylic acids is 1. The second kappa shape index (κ2) is 21.9. The van der Waals surface area contributed by atoms with Crippen LogP contribution in [-0.4, -0.2) is 31.3 Å². The summed E-state index contributed by atoms with van der Waals surface area (Å²) in [6.07, 6.45) is 25.9. The molecule has 0 fully saturated rings. The molecule has 0 N–H and O–H groups in total. The van der Waals surface area contributed by atoms with Crippen LogP contribution in [0.3, 0.4) is 0 Å². The van der Waals surface area contributed by atoms with Crippen LogP contribution in [0.5, 0.6) is 0 Å². The van der Waals surface area contributed by atoms with Gasteiger partial charge in [0.25, 0.3) is 0 Å². The normalized spacial score (nSPS) is 11.4. The lowest BCUT2D eigenvalue weighted by molar-refractivity contribution is -0.119. The highest BCUT2D eigenvalue weighted by Crippen LogP contribution is 2.14. The molecule has 0 saturated carbocycles. The van der Waals surface area contributed by atoms with Crippen LogP contribution in [0, 0.1) is 0 Å². The van der Waals surface area contributed by atoms with E-state index in [0.717, 1.165) is 32.2 Å². The summed E-state index contributed by atoms with van der Waals surface area (Å²) < 4.78 is 0. The number of rotatable bonds is 22. The molecule has 0 atom stereocenters. The summed E-state index contributed by atoms with van der Waals surface area (Å²) in [4.78, 5) is 14.1. The molecule has 0 aromatic rings. The lowest BCUT2D eigenvalue weighted by Crippen LogP contribution is -2.12. The van der Waals surface area contributed by atoms with E-state index in [-0.39, 0.29) is 0 Å². The molecule has 0 aliphatic rings. The van der Waals surface area contributed by atoms with E-state index in [1.807, 2.05) is 0 Å². The van der Waals surface area contributed by atoms with E-state index in [1.54, 1.807) is 0 Å². The Kier molecular flexibility index (Phi) is 21.6. The fraction of sp³-hybridized carbons (Fsp3) is 0.960. The van der Waals surface area contributed by atoms with Crippen molar-refractivity contribution in [2.24, 2.45) is 0 Å². The summed E-state index contributed by atoms with van der Waals surface area (Å²) in [5.74, 6) is 0.495. The third-order valence-corrected chi connectivity index (χ3v) is 5.62. The highest BCUT2D eigenvalue weighted by atomic mass is 16.1. The minimum atomic E-state index is 0.495. The summed E-state index contributed by atoms with van der Waals surface area (Å²) in [5, 5.41) is 0. The van der Waals surface area contributed by atoms with E-state index >= 15 is 0 Å². The fourth-order valence-electron chi connectivity index (χ4n) is 3.75. The van der Waals surface area contributed by atoms with Gasteiger partial charge in [0.05, 0.1) is 0 Å². The van der Waals surface area contributed by atoms with Crippen LogP contribution in [0.25, 0.3) is 0 Å². The molecule has 0 unspecified atom stereocenters. The number of Topliss-reactive ketones (excluding diaryl/α,β-unsaturated/α-hetero) is 1. The van der Waals surface area contributed by atoms with Crippen LogP contribution < -0.4 is 0 Å². The number of hydrogen-bond donors (Lipinski definition) is 0. The van der Waals surface area contributed by atoms with Gasteiger partial charge in [0.1, 0.15) is 5.78 Å². The van der Waals surface area contributed by atoms with Gasteiger partial charge < -0.3 is 4.90 Å². The first kappa shape index (κ1) is 26.6. The van der Waals surface area contributed by atoms with Crippen LogP contribution in [0.15, 0.2) is 0 Å². The minimum Gasteiger partial charge on any atom is -0.309 e. The molecular formula is C25H51NO. The molecule has 0 aromatic carbocycles. The number of ketones is 1. The molecule has 0 aliphatic heterocycles. The molecule has 0 heterocycles. The highest BCUT2D eigenvalue weighted by molar-refractivity contribution is 5.78. The molecular weight excluding hydrogens is 330 g/mol. The van der Waals surface area contributed by atoms with Crippen molar-refractivity contribution in [2.75, 3.05) is 20.6 Å². The first-order valence-corrected chi connectivity index (χ1v) is 12.3. The van der Waals surface area contributed by atoms with Crippen molar-refractivity contribution in [3.8, 4) is 0 Å². The molecule has 2 nitrogen and oxygen atoms in total. The van der Waals surface area contributed by atoms with Gasteiger partial charge in [-0.2, -0.15) is 0 Å². The fourth-order valence-corrected chi connectivity index (χ4v) is 3.75. The summed E-state index contributed by atoms with van der Waals surface area (Å²) in [6.45, 7) is 3.43. The molecule has 0 spiro atoms. The highest BCUT2D eigenvalue weighted by Gasteiger charge is 2.02. The van der Waals surface area contributed by atoms with E-state index < -0.39 is 0 Å². The predicted molar refractivity (Wildman–Crippen MR) is 122 cm³/mol. The van der Waals surface area contributed by atoms with Crippen molar-refractivity contribution in [3.63, 3.8) is 0 Å². The Hall–Kier alpha value is -0.370. The summed E-state index contributed by atoms with van der Waals surface area (Å²) in [7, 11) is 4.23. The summed E-state index contributed by atoms with van der Waals surface area (Å²) in [6, 6.07) is 0. The van der Waals surface area contributed by atoms with Crippen LogP contribution in [0.2, 0.25) is 0 Å². The van der Waals surface area contributed by atoms with Crippen molar-refractivity contribution >= 4 is 5.78 Å². The van der Waals surface area contributed by atoms with Gasteiger partial charge in [0.15, 0.2) is 0 Å². The van der Waals surface area contributed by atoms with Gasteiger partial charge in [-0.15, -0.1) is 0 Å². The van der Waals surface area contributed by atoms with Crippen molar-refractivity contribution in [3.05, 3.63) is 0 Å². The zero-order valence-electron chi connectivity index (χ0n) is 19.2. The monoisotopic (exact) mass is 381 g/mol. The SMILES string of the molecule is CCCCCCCCCCCCCCCCCC(=O)CCCCCN(C)C. The first-order valence-electron chi connectivity index (χ1n) is 12.3. The molecule has 0 rings (SSSR count). The second-order valence-corrected chi connectivity index (χ2v) is 8.85. The standard InChI is InChI=1S/C25H51NO/c1-4-5-6-7-8-9-10-11-12-13-14-15-16-17-19-22-25(27)23-20-18-21-24-26(2)3/h4-24H2,1-3H3. The van der Waals surface area contributed by atoms with Crippen molar-refractivity contribution in [1.82, 2.24) is 4.90 Å². The van der Waals surface area contributed by atoms with Gasteiger partial charge in [-0.25, -0.2) is 0 Å². The van der Waals surface area contributed by atoms with E-state index in [1.165, 1.54) is 103 Å². The van der Waals surface area contributed by atoms with Gasteiger partial charge in [0.2, 0.25) is 0 Å².